The third-order valence-electron chi connectivity index (χ3n) is 3.08. The van der Waals surface area contributed by atoms with Crippen LogP contribution in [0.2, 0.25) is 0 Å². The van der Waals surface area contributed by atoms with Gasteiger partial charge in [0.15, 0.2) is 0 Å². The van der Waals surface area contributed by atoms with Gasteiger partial charge in [0.2, 0.25) is 0 Å². The molecule has 17 heavy (non-hydrogen) atoms. The Kier molecular flexibility index (Phi) is 3.35. The molecular weight excluding hydrogens is 212 g/mol. The minimum absolute atomic E-state index is 0.523. The number of benzene rings is 1. The average molecular weight is 230 g/mol. The molecule has 0 spiro atoms. The van der Waals surface area contributed by atoms with Crippen molar-refractivity contribution >= 4 is 0 Å². The fourth-order valence-corrected chi connectivity index (χ4v) is 2.11. The molecule has 0 bridgehead atoms. The zero-order valence-corrected chi connectivity index (χ0v) is 10.4. The average Bonchev–Trinajstić information content (AvgIpc) is 2.36. The summed E-state index contributed by atoms with van der Waals surface area (Å²) < 4.78 is 5.60. The smallest absolute Gasteiger partial charge is 0.139 e. The summed E-state index contributed by atoms with van der Waals surface area (Å²) in [6.07, 6.45) is 0.702. The SMILES string of the molecule is CC(C)CNC1(C#N)CCOc2ccccc21. The van der Waals surface area contributed by atoms with Crippen molar-refractivity contribution in [3.63, 3.8) is 0 Å². The van der Waals surface area contributed by atoms with Crippen molar-refractivity contribution in [2.45, 2.75) is 25.8 Å². The molecule has 1 atom stereocenters. The lowest BCUT2D eigenvalue weighted by atomic mass is 9.85. The van der Waals surface area contributed by atoms with E-state index in [-0.39, 0.29) is 0 Å². The number of fused-ring (bicyclic) bond motifs is 1. The first-order valence-electron chi connectivity index (χ1n) is 6.06. The first-order chi connectivity index (χ1) is 8.18. The van der Waals surface area contributed by atoms with Crippen molar-refractivity contribution in [1.29, 1.82) is 5.26 Å². The molecule has 0 amide bonds. The van der Waals surface area contributed by atoms with Gasteiger partial charge in [0.25, 0.3) is 0 Å². The minimum atomic E-state index is -0.584. The van der Waals surface area contributed by atoms with E-state index in [2.05, 4.69) is 25.2 Å². The summed E-state index contributed by atoms with van der Waals surface area (Å²) in [4.78, 5) is 0. The van der Waals surface area contributed by atoms with Crippen LogP contribution >= 0.6 is 0 Å². The van der Waals surface area contributed by atoms with E-state index in [1.165, 1.54) is 0 Å². The standard InChI is InChI=1S/C14H18N2O/c1-11(2)9-16-14(10-15)7-8-17-13-6-4-3-5-12(13)14/h3-6,11,16H,7-9H2,1-2H3. The van der Waals surface area contributed by atoms with E-state index in [4.69, 9.17) is 4.74 Å². The number of hydrogen-bond acceptors (Lipinski definition) is 3. The number of para-hydroxylation sites is 1. The highest BCUT2D eigenvalue weighted by Crippen LogP contribution is 2.36. The first-order valence-corrected chi connectivity index (χ1v) is 6.06. The molecule has 90 valence electrons. The molecule has 1 aromatic carbocycles. The quantitative estimate of drug-likeness (QED) is 0.867. The van der Waals surface area contributed by atoms with Crippen LogP contribution < -0.4 is 10.1 Å². The summed E-state index contributed by atoms with van der Waals surface area (Å²) in [5.41, 5.74) is 0.383. The second-order valence-electron chi connectivity index (χ2n) is 4.89. The van der Waals surface area contributed by atoms with E-state index < -0.39 is 5.54 Å². The van der Waals surface area contributed by atoms with E-state index in [0.717, 1.165) is 17.9 Å². The topological polar surface area (TPSA) is 45.0 Å². The highest BCUT2D eigenvalue weighted by molar-refractivity contribution is 5.44. The number of hydrogen-bond donors (Lipinski definition) is 1. The predicted octanol–water partition coefficient (Wildman–Crippen LogP) is 2.43. The molecule has 0 aliphatic carbocycles. The summed E-state index contributed by atoms with van der Waals surface area (Å²) in [6, 6.07) is 10.2. The number of nitrogens with zero attached hydrogens (tertiary/aromatic N) is 1. The van der Waals surface area contributed by atoms with Crippen LogP contribution in [0, 0.1) is 17.2 Å². The van der Waals surface area contributed by atoms with Crippen molar-refractivity contribution < 1.29 is 4.74 Å². The maximum Gasteiger partial charge on any atom is 0.139 e. The van der Waals surface area contributed by atoms with Crippen LogP contribution in [0.5, 0.6) is 5.75 Å². The summed E-state index contributed by atoms with van der Waals surface area (Å²) >= 11 is 0. The zero-order valence-electron chi connectivity index (χ0n) is 10.4. The van der Waals surface area contributed by atoms with Crippen LogP contribution in [-0.2, 0) is 5.54 Å². The number of ether oxygens (including phenoxy) is 1. The van der Waals surface area contributed by atoms with Gasteiger partial charge in [0.1, 0.15) is 11.3 Å². The molecule has 1 unspecified atom stereocenters. The number of nitriles is 1. The number of rotatable bonds is 3. The van der Waals surface area contributed by atoms with Crippen LogP contribution in [0.3, 0.4) is 0 Å². The van der Waals surface area contributed by atoms with Gasteiger partial charge in [-0.05, 0) is 18.5 Å². The molecule has 0 saturated carbocycles. The van der Waals surface area contributed by atoms with Crippen LogP contribution in [0.25, 0.3) is 0 Å². The van der Waals surface area contributed by atoms with Crippen LogP contribution in [0.4, 0.5) is 0 Å². The van der Waals surface area contributed by atoms with Gasteiger partial charge < -0.3 is 4.74 Å². The van der Waals surface area contributed by atoms with Crippen LogP contribution in [0.1, 0.15) is 25.8 Å². The molecule has 1 aliphatic heterocycles. The van der Waals surface area contributed by atoms with Gasteiger partial charge >= 0.3 is 0 Å². The highest BCUT2D eigenvalue weighted by atomic mass is 16.5. The van der Waals surface area contributed by atoms with Gasteiger partial charge in [-0.1, -0.05) is 32.0 Å². The van der Waals surface area contributed by atoms with Crippen LogP contribution in [-0.4, -0.2) is 13.2 Å². The molecule has 3 heteroatoms. The Morgan fingerprint density at radius 3 is 2.94 bits per heavy atom. The largest absolute Gasteiger partial charge is 0.493 e. The van der Waals surface area contributed by atoms with Crippen molar-refractivity contribution in [2.24, 2.45) is 5.92 Å². The van der Waals surface area contributed by atoms with E-state index in [0.29, 0.717) is 18.9 Å². The molecule has 0 saturated heterocycles. The fourth-order valence-electron chi connectivity index (χ4n) is 2.11. The van der Waals surface area contributed by atoms with Crippen molar-refractivity contribution in [2.75, 3.05) is 13.2 Å². The third kappa shape index (κ3) is 2.27. The molecular formula is C14H18N2O. The molecule has 0 aromatic heterocycles. The third-order valence-corrected chi connectivity index (χ3v) is 3.08. The monoisotopic (exact) mass is 230 g/mol. The molecule has 2 rings (SSSR count). The van der Waals surface area contributed by atoms with E-state index in [9.17, 15) is 5.26 Å². The van der Waals surface area contributed by atoms with Gasteiger partial charge in [-0.15, -0.1) is 0 Å². The normalized spacial score (nSPS) is 22.7. The van der Waals surface area contributed by atoms with E-state index in [1.54, 1.807) is 0 Å². The Morgan fingerprint density at radius 1 is 1.47 bits per heavy atom. The Morgan fingerprint density at radius 2 is 2.24 bits per heavy atom. The van der Waals surface area contributed by atoms with Gasteiger partial charge in [0.05, 0.1) is 12.7 Å². The summed E-state index contributed by atoms with van der Waals surface area (Å²) in [5.74, 6) is 1.35. The minimum Gasteiger partial charge on any atom is -0.493 e. The second-order valence-corrected chi connectivity index (χ2v) is 4.89. The number of nitrogens with one attached hydrogen (secondary N) is 1. The van der Waals surface area contributed by atoms with Crippen LogP contribution in [0.15, 0.2) is 24.3 Å². The van der Waals surface area contributed by atoms with Crippen molar-refractivity contribution in [1.82, 2.24) is 5.32 Å². The molecule has 3 nitrogen and oxygen atoms in total. The predicted molar refractivity (Wildman–Crippen MR) is 66.7 cm³/mol. The van der Waals surface area contributed by atoms with Gasteiger partial charge in [-0.25, -0.2) is 0 Å². The second kappa shape index (κ2) is 4.77. The Balaban J connectivity index is 2.33. The Bertz CT molecular complexity index is 436. The Hall–Kier alpha value is -1.53. The maximum absolute atomic E-state index is 9.53. The molecule has 1 heterocycles. The summed E-state index contributed by atoms with van der Waals surface area (Å²) in [6.45, 7) is 5.71. The van der Waals surface area contributed by atoms with Crippen molar-refractivity contribution in [3.8, 4) is 11.8 Å². The molecule has 1 aromatic rings. The molecule has 0 radical (unpaired) electrons. The van der Waals surface area contributed by atoms with Gasteiger partial charge in [-0.2, -0.15) is 5.26 Å². The maximum atomic E-state index is 9.53. The lowest BCUT2D eigenvalue weighted by Crippen LogP contribution is -2.46. The lowest BCUT2D eigenvalue weighted by Gasteiger charge is -2.34. The van der Waals surface area contributed by atoms with E-state index >= 15 is 0 Å². The van der Waals surface area contributed by atoms with Gasteiger partial charge in [0, 0.05) is 12.0 Å². The molecule has 1 N–H and O–H groups in total. The fraction of sp³-hybridized carbons (Fsp3) is 0.500. The van der Waals surface area contributed by atoms with Gasteiger partial charge in [-0.3, -0.25) is 5.32 Å². The Labute approximate surface area is 102 Å². The highest BCUT2D eigenvalue weighted by Gasteiger charge is 2.37. The van der Waals surface area contributed by atoms with Crippen molar-refractivity contribution in [3.05, 3.63) is 29.8 Å². The first kappa shape index (κ1) is 11.9. The molecule has 0 fully saturated rings. The lowest BCUT2D eigenvalue weighted by molar-refractivity contribution is 0.216. The molecule has 1 aliphatic rings. The zero-order chi connectivity index (χ0) is 12.3. The van der Waals surface area contributed by atoms with E-state index in [1.807, 2.05) is 24.3 Å². The summed E-state index contributed by atoms with van der Waals surface area (Å²) in [7, 11) is 0. The summed E-state index contributed by atoms with van der Waals surface area (Å²) in [5, 5.41) is 12.9.